The SMILES string of the molecule is CC(N)C(C)C(=O)Nc1cccc(OCCCN(C)C)c1. The van der Waals surface area contributed by atoms with Crippen LogP contribution in [0.5, 0.6) is 5.75 Å². The van der Waals surface area contributed by atoms with Crippen molar-refractivity contribution in [2.24, 2.45) is 11.7 Å². The minimum absolute atomic E-state index is 0.0743. The van der Waals surface area contributed by atoms with Gasteiger partial charge in [-0.25, -0.2) is 0 Å². The van der Waals surface area contributed by atoms with E-state index in [1.54, 1.807) is 0 Å². The van der Waals surface area contributed by atoms with Crippen LogP contribution in [-0.2, 0) is 4.79 Å². The van der Waals surface area contributed by atoms with E-state index in [0.717, 1.165) is 24.4 Å². The first kappa shape index (κ1) is 17.5. The van der Waals surface area contributed by atoms with Gasteiger partial charge in [0, 0.05) is 24.3 Å². The van der Waals surface area contributed by atoms with E-state index < -0.39 is 0 Å². The maximum atomic E-state index is 12.0. The number of amides is 1. The zero-order valence-electron chi connectivity index (χ0n) is 13.4. The van der Waals surface area contributed by atoms with E-state index in [0.29, 0.717) is 6.61 Å². The van der Waals surface area contributed by atoms with Crippen molar-refractivity contribution in [3.05, 3.63) is 24.3 Å². The van der Waals surface area contributed by atoms with Crippen molar-refractivity contribution in [2.75, 3.05) is 32.6 Å². The second kappa shape index (κ2) is 8.64. The van der Waals surface area contributed by atoms with E-state index in [2.05, 4.69) is 10.2 Å². The normalized spacial score (nSPS) is 13.8. The number of benzene rings is 1. The minimum Gasteiger partial charge on any atom is -0.493 e. The van der Waals surface area contributed by atoms with Gasteiger partial charge in [-0.3, -0.25) is 4.79 Å². The summed E-state index contributed by atoms with van der Waals surface area (Å²) in [5, 5.41) is 2.86. The molecular weight excluding hydrogens is 266 g/mol. The van der Waals surface area contributed by atoms with Crippen molar-refractivity contribution in [3.63, 3.8) is 0 Å². The molecule has 5 nitrogen and oxygen atoms in total. The summed E-state index contributed by atoms with van der Waals surface area (Å²) in [6.07, 6.45) is 0.964. The summed E-state index contributed by atoms with van der Waals surface area (Å²) < 4.78 is 5.68. The molecule has 0 heterocycles. The molecular formula is C16H27N3O2. The van der Waals surface area contributed by atoms with E-state index in [-0.39, 0.29) is 17.9 Å². The number of nitrogens with two attached hydrogens (primary N) is 1. The third kappa shape index (κ3) is 6.60. The second-order valence-corrected chi connectivity index (χ2v) is 5.67. The maximum absolute atomic E-state index is 12.0. The number of carbonyl (C=O) groups excluding carboxylic acids is 1. The zero-order chi connectivity index (χ0) is 15.8. The van der Waals surface area contributed by atoms with Crippen LogP contribution in [0.15, 0.2) is 24.3 Å². The summed E-state index contributed by atoms with van der Waals surface area (Å²) in [6.45, 7) is 5.30. The Morgan fingerprint density at radius 2 is 2.10 bits per heavy atom. The molecule has 0 aliphatic rings. The molecule has 1 amide bonds. The molecule has 0 saturated carbocycles. The van der Waals surface area contributed by atoms with Crippen molar-refractivity contribution in [3.8, 4) is 5.75 Å². The van der Waals surface area contributed by atoms with Crippen molar-refractivity contribution >= 4 is 11.6 Å². The fourth-order valence-corrected chi connectivity index (χ4v) is 1.73. The number of carbonyl (C=O) groups is 1. The predicted octanol–water partition coefficient (Wildman–Crippen LogP) is 1.94. The fraction of sp³-hybridized carbons (Fsp3) is 0.562. The highest BCUT2D eigenvalue weighted by atomic mass is 16.5. The summed E-state index contributed by atoms with van der Waals surface area (Å²) in [7, 11) is 4.07. The standard InChI is InChI=1S/C16H27N3O2/c1-12(13(2)17)16(20)18-14-7-5-8-15(11-14)21-10-6-9-19(3)4/h5,7-8,11-13H,6,9-10,17H2,1-4H3,(H,18,20). The van der Waals surface area contributed by atoms with Crippen LogP contribution in [0.4, 0.5) is 5.69 Å². The van der Waals surface area contributed by atoms with Gasteiger partial charge in [-0.1, -0.05) is 13.0 Å². The Morgan fingerprint density at radius 3 is 2.71 bits per heavy atom. The number of rotatable bonds is 8. The lowest BCUT2D eigenvalue weighted by Gasteiger charge is -2.16. The molecule has 5 heteroatoms. The Morgan fingerprint density at radius 1 is 1.38 bits per heavy atom. The number of nitrogens with one attached hydrogen (secondary N) is 1. The van der Waals surface area contributed by atoms with Gasteiger partial charge in [0.15, 0.2) is 0 Å². The third-order valence-electron chi connectivity index (χ3n) is 3.32. The molecule has 0 saturated heterocycles. The van der Waals surface area contributed by atoms with Crippen LogP contribution in [0.25, 0.3) is 0 Å². The molecule has 0 bridgehead atoms. The molecule has 3 N–H and O–H groups in total. The first-order valence-electron chi connectivity index (χ1n) is 7.34. The van der Waals surface area contributed by atoms with Crippen LogP contribution in [-0.4, -0.2) is 44.1 Å². The highest BCUT2D eigenvalue weighted by Gasteiger charge is 2.17. The Kier molecular flexibility index (Phi) is 7.19. The topological polar surface area (TPSA) is 67.6 Å². The lowest BCUT2D eigenvalue weighted by Crippen LogP contribution is -2.34. The zero-order valence-corrected chi connectivity index (χ0v) is 13.4. The number of hydrogen-bond donors (Lipinski definition) is 2. The maximum Gasteiger partial charge on any atom is 0.228 e. The molecule has 1 aromatic carbocycles. The van der Waals surface area contributed by atoms with E-state index >= 15 is 0 Å². The van der Waals surface area contributed by atoms with Gasteiger partial charge in [-0.2, -0.15) is 0 Å². The van der Waals surface area contributed by atoms with Gasteiger partial charge >= 0.3 is 0 Å². The van der Waals surface area contributed by atoms with E-state index in [9.17, 15) is 4.79 Å². The summed E-state index contributed by atoms with van der Waals surface area (Å²) in [4.78, 5) is 14.1. The summed E-state index contributed by atoms with van der Waals surface area (Å²) in [5.41, 5.74) is 6.47. The van der Waals surface area contributed by atoms with Crippen molar-refractivity contribution in [1.29, 1.82) is 0 Å². The molecule has 21 heavy (non-hydrogen) atoms. The molecule has 0 aliphatic heterocycles. The van der Waals surface area contributed by atoms with Crippen molar-refractivity contribution < 1.29 is 9.53 Å². The van der Waals surface area contributed by atoms with Gasteiger partial charge in [-0.05, 0) is 39.6 Å². The van der Waals surface area contributed by atoms with Gasteiger partial charge < -0.3 is 20.7 Å². The molecule has 0 aliphatic carbocycles. The molecule has 1 aromatic rings. The smallest absolute Gasteiger partial charge is 0.228 e. The average Bonchev–Trinajstić information content (AvgIpc) is 2.42. The van der Waals surface area contributed by atoms with Crippen molar-refractivity contribution in [2.45, 2.75) is 26.3 Å². The van der Waals surface area contributed by atoms with Gasteiger partial charge in [0.1, 0.15) is 5.75 Å². The molecule has 0 radical (unpaired) electrons. The van der Waals surface area contributed by atoms with E-state index in [1.165, 1.54) is 0 Å². The Balaban J connectivity index is 2.50. The highest BCUT2D eigenvalue weighted by molar-refractivity contribution is 5.92. The second-order valence-electron chi connectivity index (χ2n) is 5.67. The predicted molar refractivity (Wildman–Crippen MR) is 86.6 cm³/mol. The lowest BCUT2D eigenvalue weighted by molar-refractivity contribution is -0.119. The highest BCUT2D eigenvalue weighted by Crippen LogP contribution is 2.18. The van der Waals surface area contributed by atoms with E-state index in [1.807, 2.05) is 52.2 Å². The van der Waals surface area contributed by atoms with Gasteiger partial charge in [0.25, 0.3) is 0 Å². The van der Waals surface area contributed by atoms with Crippen molar-refractivity contribution in [1.82, 2.24) is 4.90 Å². The molecule has 118 valence electrons. The molecule has 0 spiro atoms. The molecule has 0 fully saturated rings. The van der Waals surface area contributed by atoms with Crippen LogP contribution in [0.3, 0.4) is 0 Å². The summed E-state index contributed by atoms with van der Waals surface area (Å²) in [5.74, 6) is 0.462. The quantitative estimate of drug-likeness (QED) is 0.719. The monoisotopic (exact) mass is 293 g/mol. The van der Waals surface area contributed by atoms with Crippen LogP contribution in [0.2, 0.25) is 0 Å². The lowest BCUT2D eigenvalue weighted by atomic mass is 10.0. The molecule has 2 atom stereocenters. The van der Waals surface area contributed by atoms with Crippen LogP contribution < -0.4 is 15.8 Å². The number of anilines is 1. The fourth-order valence-electron chi connectivity index (χ4n) is 1.73. The van der Waals surface area contributed by atoms with Crippen LogP contribution in [0.1, 0.15) is 20.3 Å². The Labute approximate surface area is 127 Å². The molecule has 0 aromatic heterocycles. The minimum atomic E-state index is -0.227. The first-order chi connectivity index (χ1) is 9.90. The number of nitrogens with zero attached hydrogens (tertiary/aromatic N) is 1. The van der Waals surface area contributed by atoms with Gasteiger partial charge in [0.2, 0.25) is 5.91 Å². The number of hydrogen-bond acceptors (Lipinski definition) is 4. The average molecular weight is 293 g/mol. The van der Waals surface area contributed by atoms with Crippen LogP contribution in [0, 0.1) is 5.92 Å². The van der Waals surface area contributed by atoms with Crippen LogP contribution >= 0.6 is 0 Å². The Bertz CT molecular complexity index is 447. The first-order valence-corrected chi connectivity index (χ1v) is 7.34. The summed E-state index contributed by atoms with van der Waals surface area (Å²) in [6, 6.07) is 7.27. The third-order valence-corrected chi connectivity index (χ3v) is 3.32. The summed E-state index contributed by atoms with van der Waals surface area (Å²) >= 11 is 0. The largest absolute Gasteiger partial charge is 0.493 e. The molecule has 1 rings (SSSR count). The Hall–Kier alpha value is -1.59. The van der Waals surface area contributed by atoms with E-state index in [4.69, 9.17) is 10.5 Å². The molecule has 2 unspecified atom stereocenters. The van der Waals surface area contributed by atoms with Gasteiger partial charge in [0.05, 0.1) is 12.5 Å². The number of ether oxygens (including phenoxy) is 1. The van der Waals surface area contributed by atoms with Gasteiger partial charge in [-0.15, -0.1) is 0 Å².